The molecule has 0 radical (unpaired) electrons. The molecule has 2 N–H and O–H groups in total. The number of aromatic hydroxyl groups is 1. The predicted octanol–water partition coefficient (Wildman–Crippen LogP) is 0.919. The zero-order valence-corrected chi connectivity index (χ0v) is 10.3. The van der Waals surface area contributed by atoms with Crippen molar-refractivity contribution in [2.45, 2.75) is 19.6 Å². The van der Waals surface area contributed by atoms with Crippen LogP contribution in [0, 0.1) is 0 Å². The van der Waals surface area contributed by atoms with E-state index in [9.17, 15) is 14.7 Å². The summed E-state index contributed by atoms with van der Waals surface area (Å²) >= 11 is 0. The van der Waals surface area contributed by atoms with Gasteiger partial charge in [0, 0.05) is 26.2 Å². The lowest BCUT2D eigenvalue weighted by Crippen LogP contribution is -2.42. The number of rotatable bonds is 2. The van der Waals surface area contributed by atoms with Crippen LogP contribution < -0.4 is 5.32 Å². The van der Waals surface area contributed by atoms with E-state index < -0.39 is 17.7 Å². The van der Waals surface area contributed by atoms with Crippen molar-refractivity contribution in [2.75, 3.05) is 5.32 Å². The molecule has 19 heavy (non-hydrogen) atoms. The number of esters is 2. The Hall–Kier alpha value is -2.57. The largest absolute Gasteiger partial charge is 0.504 e. The molecule has 0 spiro atoms. The van der Waals surface area contributed by atoms with E-state index in [1.54, 1.807) is 6.07 Å². The zero-order chi connectivity index (χ0) is 14.0. The second-order valence-corrected chi connectivity index (χ2v) is 4.25. The maximum absolute atomic E-state index is 11.6. The minimum absolute atomic E-state index is 0.112. The molecule has 7 heteroatoms. The fourth-order valence-corrected chi connectivity index (χ4v) is 1.43. The Morgan fingerprint density at radius 3 is 2.53 bits per heavy atom. The molecule has 1 saturated heterocycles. The summed E-state index contributed by atoms with van der Waals surface area (Å²) in [5.74, 6) is -2.88. The Kier molecular flexibility index (Phi) is 3.12. The molecule has 0 amide bonds. The van der Waals surface area contributed by atoms with Gasteiger partial charge in [-0.2, -0.15) is 0 Å². The topological polar surface area (TPSA) is 97.8 Å². The highest BCUT2D eigenvalue weighted by molar-refractivity contribution is 6.15. The van der Waals surface area contributed by atoms with Crippen LogP contribution >= 0.6 is 0 Å². The van der Waals surface area contributed by atoms with Gasteiger partial charge < -0.3 is 19.9 Å². The summed E-state index contributed by atoms with van der Waals surface area (Å²) in [6.45, 7) is 2.91. The standard InChI is InChI=1S/C12H12N2O5/c1-12(2)18-10(16)7(11(17)19-12)6-14-9-8(15)4-3-5-13-9/h3-6,15H,1-2H3,(H,13,14). The van der Waals surface area contributed by atoms with Gasteiger partial charge in [0.05, 0.1) is 0 Å². The van der Waals surface area contributed by atoms with Gasteiger partial charge in [-0.15, -0.1) is 0 Å². The van der Waals surface area contributed by atoms with Crippen molar-refractivity contribution in [1.82, 2.24) is 4.98 Å². The molecule has 1 aromatic heterocycles. The van der Waals surface area contributed by atoms with E-state index in [0.29, 0.717) is 0 Å². The van der Waals surface area contributed by atoms with Gasteiger partial charge in [-0.25, -0.2) is 14.6 Å². The maximum atomic E-state index is 11.6. The van der Waals surface area contributed by atoms with Crippen molar-refractivity contribution in [3.63, 3.8) is 0 Å². The van der Waals surface area contributed by atoms with Crippen LogP contribution in [0.2, 0.25) is 0 Å². The highest BCUT2D eigenvalue weighted by atomic mass is 16.7. The minimum Gasteiger partial charge on any atom is -0.504 e. The van der Waals surface area contributed by atoms with Gasteiger partial charge in [0.25, 0.3) is 5.79 Å². The van der Waals surface area contributed by atoms with E-state index >= 15 is 0 Å². The molecule has 100 valence electrons. The van der Waals surface area contributed by atoms with Gasteiger partial charge >= 0.3 is 11.9 Å². The van der Waals surface area contributed by atoms with Crippen LogP contribution in [0.1, 0.15) is 13.8 Å². The molecule has 7 nitrogen and oxygen atoms in total. The highest BCUT2D eigenvalue weighted by Gasteiger charge is 2.38. The second-order valence-electron chi connectivity index (χ2n) is 4.25. The lowest BCUT2D eigenvalue weighted by molar-refractivity contribution is -0.222. The van der Waals surface area contributed by atoms with E-state index in [0.717, 1.165) is 6.20 Å². The van der Waals surface area contributed by atoms with Crippen LogP contribution in [0.25, 0.3) is 0 Å². The van der Waals surface area contributed by atoms with Gasteiger partial charge in [0.1, 0.15) is 0 Å². The molecule has 1 fully saturated rings. The molecule has 0 saturated carbocycles. The lowest BCUT2D eigenvalue weighted by Gasteiger charge is -2.29. The number of ether oxygens (including phenoxy) is 2. The summed E-state index contributed by atoms with van der Waals surface area (Å²) in [4.78, 5) is 27.1. The molecular formula is C12H12N2O5. The molecule has 0 aliphatic carbocycles. The van der Waals surface area contributed by atoms with Crippen LogP contribution in [-0.4, -0.2) is 27.8 Å². The fourth-order valence-electron chi connectivity index (χ4n) is 1.43. The molecule has 1 aliphatic heterocycles. The minimum atomic E-state index is -1.28. The fraction of sp³-hybridized carbons (Fsp3) is 0.250. The predicted molar refractivity (Wildman–Crippen MR) is 63.9 cm³/mol. The van der Waals surface area contributed by atoms with Crippen molar-refractivity contribution in [2.24, 2.45) is 0 Å². The molecule has 1 aliphatic rings. The van der Waals surface area contributed by atoms with Crippen molar-refractivity contribution in [3.05, 3.63) is 30.1 Å². The van der Waals surface area contributed by atoms with E-state index in [-0.39, 0.29) is 17.1 Å². The summed E-state index contributed by atoms with van der Waals surface area (Å²) in [5.41, 5.74) is -0.302. The molecule has 1 aromatic rings. The molecular weight excluding hydrogens is 252 g/mol. The third-order valence-corrected chi connectivity index (χ3v) is 2.26. The Morgan fingerprint density at radius 1 is 1.32 bits per heavy atom. The summed E-state index contributed by atoms with van der Waals surface area (Å²) < 4.78 is 9.80. The van der Waals surface area contributed by atoms with Crippen LogP contribution in [-0.2, 0) is 19.1 Å². The number of anilines is 1. The number of aromatic nitrogens is 1. The van der Waals surface area contributed by atoms with Gasteiger partial charge in [-0.05, 0) is 12.1 Å². The monoisotopic (exact) mass is 264 g/mol. The summed E-state index contributed by atoms with van der Waals surface area (Å²) in [6.07, 6.45) is 2.53. The first-order chi connectivity index (χ1) is 8.89. The van der Waals surface area contributed by atoms with Crippen molar-refractivity contribution in [1.29, 1.82) is 0 Å². The van der Waals surface area contributed by atoms with Crippen molar-refractivity contribution >= 4 is 17.8 Å². The van der Waals surface area contributed by atoms with Crippen LogP contribution in [0.3, 0.4) is 0 Å². The van der Waals surface area contributed by atoms with E-state index in [4.69, 9.17) is 9.47 Å². The van der Waals surface area contributed by atoms with E-state index in [2.05, 4.69) is 10.3 Å². The molecule has 0 bridgehead atoms. The zero-order valence-electron chi connectivity index (χ0n) is 10.3. The first kappa shape index (κ1) is 12.9. The number of carbonyl (C=O) groups is 2. The highest BCUT2D eigenvalue weighted by Crippen LogP contribution is 2.23. The number of nitrogens with zero attached hydrogens (tertiary/aromatic N) is 1. The first-order valence-corrected chi connectivity index (χ1v) is 5.46. The smallest absolute Gasteiger partial charge is 0.350 e. The maximum Gasteiger partial charge on any atom is 0.350 e. The van der Waals surface area contributed by atoms with Gasteiger partial charge in [-0.3, -0.25) is 0 Å². The molecule has 0 unspecified atom stereocenters. The average Bonchev–Trinajstić information content (AvgIpc) is 2.28. The van der Waals surface area contributed by atoms with E-state index in [1.165, 1.54) is 26.1 Å². The first-order valence-electron chi connectivity index (χ1n) is 5.46. The van der Waals surface area contributed by atoms with Crippen molar-refractivity contribution in [3.8, 4) is 5.75 Å². The average molecular weight is 264 g/mol. The summed E-state index contributed by atoms with van der Waals surface area (Å²) in [5, 5.41) is 12.0. The lowest BCUT2D eigenvalue weighted by atomic mass is 10.2. The quantitative estimate of drug-likeness (QED) is 0.465. The third kappa shape index (κ3) is 2.82. The Labute approximate surface area is 108 Å². The van der Waals surface area contributed by atoms with Gasteiger partial charge in [0.2, 0.25) is 0 Å². The number of nitrogens with one attached hydrogen (secondary N) is 1. The SMILES string of the molecule is CC1(C)OC(=O)C(=CNc2ncccc2O)C(=O)O1. The number of hydrogen-bond acceptors (Lipinski definition) is 7. The Bertz CT molecular complexity index is 543. The number of pyridine rings is 1. The normalized spacial score (nSPS) is 17.5. The Balaban J connectivity index is 2.18. The molecule has 0 aromatic carbocycles. The number of hydrogen-bond donors (Lipinski definition) is 2. The molecule has 2 heterocycles. The molecule has 0 atom stereocenters. The number of carbonyl (C=O) groups excluding carboxylic acids is 2. The Morgan fingerprint density at radius 2 is 1.95 bits per heavy atom. The summed E-state index contributed by atoms with van der Waals surface area (Å²) in [6, 6.07) is 2.95. The van der Waals surface area contributed by atoms with Crippen molar-refractivity contribution < 1.29 is 24.2 Å². The van der Waals surface area contributed by atoms with E-state index in [1.807, 2.05) is 0 Å². The van der Waals surface area contributed by atoms with Crippen LogP contribution in [0.4, 0.5) is 5.82 Å². The number of cyclic esters (lactones) is 2. The van der Waals surface area contributed by atoms with Crippen LogP contribution in [0.5, 0.6) is 5.75 Å². The third-order valence-electron chi connectivity index (χ3n) is 2.26. The van der Waals surface area contributed by atoms with Gasteiger partial charge in [0.15, 0.2) is 17.1 Å². The van der Waals surface area contributed by atoms with Gasteiger partial charge in [-0.1, -0.05) is 0 Å². The second kappa shape index (κ2) is 4.60. The molecule has 2 rings (SSSR count). The summed E-state index contributed by atoms with van der Waals surface area (Å²) in [7, 11) is 0. The van der Waals surface area contributed by atoms with Crippen LogP contribution in [0.15, 0.2) is 30.1 Å².